The minimum Gasteiger partial charge on any atom is -0.302 e. The third-order valence-corrected chi connectivity index (χ3v) is 0.874. The molecule has 8 heavy (non-hydrogen) atoms. The van der Waals surface area contributed by atoms with E-state index >= 15 is 0 Å². The molecule has 1 heterocycles. The van der Waals surface area contributed by atoms with Crippen molar-refractivity contribution in [3.63, 3.8) is 0 Å². The molecular weight excluding hydrogens is 100 g/mol. The molecule has 1 rings (SSSR count). The van der Waals surface area contributed by atoms with Gasteiger partial charge in [-0.15, -0.1) is 0 Å². The summed E-state index contributed by atoms with van der Waals surface area (Å²) >= 11 is 0. The summed E-state index contributed by atoms with van der Waals surface area (Å²) in [6.45, 7) is 3.56. The van der Waals surface area contributed by atoms with Gasteiger partial charge in [0.15, 0.2) is 0 Å². The topological polar surface area (TPSA) is 15.3 Å². The first kappa shape index (κ1) is 4.97. The molecule has 2 nitrogen and oxygen atoms in total. The highest BCUT2D eigenvalue weighted by Crippen LogP contribution is 1.90. The van der Waals surface area contributed by atoms with Crippen LogP contribution in [0.5, 0.6) is 0 Å². The molecule has 0 bridgehead atoms. The average molecular weight is 108 g/mol. The van der Waals surface area contributed by atoms with Crippen molar-refractivity contribution in [2.24, 2.45) is 0 Å². The van der Waals surface area contributed by atoms with E-state index in [2.05, 4.69) is 12.0 Å². The number of nitrogens with zero attached hydrogens (tertiary/aromatic N) is 1. The first-order valence-corrected chi connectivity index (χ1v) is 2.44. The number of hydrogen-bond donors (Lipinski definition) is 1. The molecule has 0 amide bonds. The van der Waals surface area contributed by atoms with Crippen molar-refractivity contribution in [3.05, 3.63) is 37.3 Å². The number of rotatable bonds is 1. The molecule has 0 spiro atoms. The van der Waals surface area contributed by atoms with Crippen molar-refractivity contribution >= 4 is 0 Å². The van der Waals surface area contributed by atoms with Crippen molar-refractivity contribution in [1.29, 1.82) is 0 Å². The quantitative estimate of drug-likeness (QED) is 0.538. The van der Waals surface area contributed by atoms with E-state index in [1.54, 1.807) is 11.2 Å². The van der Waals surface area contributed by atoms with Crippen molar-refractivity contribution in [2.75, 3.05) is 0 Å². The van der Waals surface area contributed by atoms with Gasteiger partial charge < -0.3 is 5.43 Å². The van der Waals surface area contributed by atoms with Gasteiger partial charge in [-0.2, -0.15) is 0 Å². The maximum atomic E-state index is 3.56. The third-order valence-electron chi connectivity index (χ3n) is 0.874. The van der Waals surface area contributed by atoms with E-state index in [1.165, 1.54) is 0 Å². The second-order valence-electron chi connectivity index (χ2n) is 1.42. The van der Waals surface area contributed by atoms with Gasteiger partial charge in [-0.05, 0) is 12.2 Å². The lowest BCUT2D eigenvalue weighted by Gasteiger charge is -2.15. The van der Waals surface area contributed by atoms with Crippen LogP contribution in [0.25, 0.3) is 0 Å². The Hall–Kier alpha value is -1.18. The first-order valence-electron chi connectivity index (χ1n) is 2.44. The molecule has 0 aromatic rings. The van der Waals surface area contributed by atoms with Crippen LogP contribution in [0.4, 0.5) is 0 Å². The summed E-state index contributed by atoms with van der Waals surface area (Å²) in [5.41, 5.74) is 2.92. The monoisotopic (exact) mass is 108 g/mol. The molecule has 0 aromatic carbocycles. The fourth-order valence-electron chi connectivity index (χ4n) is 0.484. The highest BCUT2D eigenvalue weighted by Gasteiger charge is 1.86. The second-order valence-corrected chi connectivity index (χ2v) is 1.42. The van der Waals surface area contributed by atoms with Crippen LogP contribution in [0.2, 0.25) is 0 Å². The third kappa shape index (κ3) is 0.904. The Kier molecular flexibility index (Phi) is 1.37. The highest BCUT2D eigenvalue weighted by molar-refractivity contribution is 5.06. The minimum absolute atomic E-state index is 1.69. The van der Waals surface area contributed by atoms with Gasteiger partial charge >= 0.3 is 0 Å². The zero-order valence-corrected chi connectivity index (χ0v) is 4.54. The Bertz CT molecular complexity index is 135. The van der Waals surface area contributed by atoms with Gasteiger partial charge in [-0.25, -0.2) is 0 Å². The summed E-state index contributed by atoms with van der Waals surface area (Å²) in [5, 5.41) is 1.76. The van der Waals surface area contributed by atoms with Crippen LogP contribution >= 0.6 is 0 Å². The summed E-state index contributed by atoms with van der Waals surface area (Å²) in [7, 11) is 0. The molecule has 0 aromatic heterocycles. The Balaban J connectivity index is 2.51. The Morgan fingerprint density at radius 1 is 1.50 bits per heavy atom. The number of hydrogen-bond acceptors (Lipinski definition) is 2. The number of nitrogens with one attached hydrogen (secondary N) is 1. The average Bonchev–Trinajstić information content (AvgIpc) is 1.90. The fraction of sp³-hybridized carbons (Fsp3) is 0. The number of hydrazine groups is 1. The van der Waals surface area contributed by atoms with Crippen LogP contribution in [0.1, 0.15) is 0 Å². The molecule has 0 radical (unpaired) electrons. The minimum atomic E-state index is 1.69. The van der Waals surface area contributed by atoms with Crippen LogP contribution in [-0.2, 0) is 0 Å². The lowest BCUT2D eigenvalue weighted by molar-refractivity contribution is 0.429. The van der Waals surface area contributed by atoms with Crippen molar-refractivity contribution in [3.8, 4) is 0 Å². The molecular formula is C6H8N2. The first-order chi connectivity index (χ1) is 3.93. The highest BCUT2D eigenvalue weighted by atomic mass is 15.5. The van der Waals surface area contributed by atoms with Gasteiger partial charge in [-0.3, -0.25) is 5.01 Å². The van der Waals surface area contributed by atoms with Crippen molar-refractivity contribution < 1.29 is 0 Å². The van der Waals surface area contributed by atoms with E-state index in [-0.39, 0.29) is 0 Å². The Morgan fingerprint density at radius 3 is 2.75 bits per heavy atom. The standard InChI is InChI=1S/C6H8N2/c1-2-8-6-4-3-5-7-8/h2-7H,1H2. The Morgan fingerprint density at radius 2 is 2.38 bits per heavy atom. The van der Waals surface area contributed by atoms with E-state index in [1.807, 2.05) is 24.6 Å². The molecule has 42 valence electrons. The normalized spacial score (nSPS) is 15.8. The van der Waals surface area contributed by atoms with Crippen LogP contribution in [0, 0.1) is 0 Å². The van der Waals surface area contributed by atoms with Crippen LogP contribution < -0.4 is 5.43 Å². The number of allylic oxidation sites excluding steroid dienone is 2. The molecule has 0 fully saturated rings. The van der Waals surface area contributed by atoms with E-state index in [0.29, 0.717) is 0 Å². The van der Waals surface area contributed by atoms with Crippen LogP contribution in [-0.4, -0.2) is 5.01 Å². The van der Waals surface area contributed by atoms with Gasteiger partial charge in [0.2, 0.25) is 0 Å². The van der Waals surface area contributed by atoms with Gasteiger partial charge in [0.1, 0.15) is 0 Å². The molecule has 0 unspecified atom stereocenters. The second kappa shape index (κ2) is 2.21. The summed E-state index contributed by atoms with van der Waals surface area (Å²) in [6, 6.07) is 0. The predicted octanol–water partition coefficient (Wildman–Crippen LogP) is 0.978. The van der Waals surface area contributed by atoms with E-state index in [9.17, 15) is 0 Å². The smallest absolute Gasteiger partial charge is 0.0261 e. The van der Waals surface area contributed by atoms with Gasteiger partial charge in [-0.1, -0.05) is 6.58 Å². The lowest BCUT2D eigenvalue weighted by Crippen LogP contribution is -2.24. The van der Waals surface area contributed by atoms with Gasteiger partial charge in [0, 0.05) is 18.6 Å². The van der Waals surface area contributed by atoms with Crippen LogP contribution in [0.15, 0.2) is 37.3 Å². The van der Waals surface area contributed by atoms with Crippen molar-refractivity contribution in [2.45, 2.75) is 0 Å². The molecule has 0 saturated carbocycles. The molecule has 1 N–H and O–H groups in total. The molecule has 2 heteroatoms. The Labute approximate surface area is 48.8 Å². The van der Waals surface area contributed by atoms with E-state index < -0.39 is 0 Å². The molecule has 0 aliphatic carbocycles. The molecule has 0 saturated heterocycles. The van der Waals surface area contributed by atoms with E-state index in [0.717, 1.165) is 0 Å². The summed E-state index contributed by atoms with van der Waals surface area (Å²) in [4.78, 5) is 0. The zero-order chi connectivity index (χ0) is 5.82. The fourth-order valence-corrected chi connectivity index (χ4v) is 0.484. The summed E-state index contributed by atoms with van der Waals surface area (Å²) < 4.78 is 0. The maximum absolute atomic E-state index is 3.56. The molecule has 1 aliphatic heterocycles. The lowest BCUT2D eigenvalue weighted by atomic mass is 10.5. The van der Waals surface area contributed by atoms with E-state index in [4.69, 9.17) is 0 Å². The molecule has 1 aliphatic rings. The van der Waals surface area contributed by atoms with Gasteiger partial charge in [0.05, 0.1) is 0 Å². The maximum Gasteiger partial charge on any atom is 0.0261 e. The summed E-state index contributed by atoms with van der Waals surface area (Å²) in [5.74, 6) is 0. The van der Waals surface area contributed by atoms with Gasteiger partial charge in [0.25, 0.3) is 0 Å². The molecule has 0 atom stereocenters. The SMILES string of the molecule is C=CN1C=CC=CN1. The predicted molar refractivity (Wildman–Crippen MR) is 33.5 cm³/mol. The zero-order valence-electron chi connectivity index (χ0n) is 4.54. The van der Waals surface area contributed by atoms with Crippen molar-refractivity contribution in [1.82, 2.24) is 10.4 Å². The summed E-state index contributed by atoms with van der Waals surface area (Å²) in [6.07, 6.45) is 9.26. The van der Waals surface area contributed by atoms with Crippen LogP contribution in [0.3, 0.4) is 0 Å². The largest absolute Gasteiger partial charge is 0.302 e.